The number of guanidine groups is 1. The van der Waals surface area contributed by atoms with Gasteiger partial charge in [0.1, 0.15) is 18.0 Å². The van der Waals surface area contributed by atoms with Crippen molar-refractivity contribution in [3.05, 3.63) is 29.4 Å². The van der Waals surface area contributed by atoms with Crippen LogP contribution in [0.1, 0.15) is 0 Å². The Morgan fingerprint density at radius 1 is 1.28 bits per heavy atom. The van der Waals surface area contributed by atoms with Crippen molar-refractivity contribution in [2.45, 2.75) is 4.90 Å². The number of likely N-dealkylation sites (N-methyl/N-ethyl adjacent to an activating group) is 1. The third kappa shape index (κ3) is 3.15. The number of hydrogen-bond donors (Lipinski definition) is 3. The molecule has 8 nitrogen and oxygen atoms in total. The van der Waals surface area contributed by atoms with E-state index in [2.05, 4.69) is 15.3 Å². The summed E-state index contributed by atoms with van der Waals surface area (Å²) in [5.41, 5.74) is 10.9. The highest BCUT2D eigenvalue weighted by Gasteiger charge is 2.40. The number of nitrogens with zero attached hydrogens (tertiary/aromatic N) is 3. The zero-order chi connectivity index (χ0) is 18.2. The summed E-state index contributed by atoms with van der Waals surface area (Å²) in [6.45, 7) is 2.29. The van der Waals surface area contributed by atoms with Gasteiger partial charge in [-0.05, 0) is 12.1 Å². The maximum atomic E-state index is 13.2. The minimum Gasteiger partial charge on any atom is -0.370 e. The van der Waals surface area contributed by atoms with Crippen LogP contribution >= 0.6 is 11.6 Å². The lowest BCUT2D eigenvalue weighted by atomic mass is 10.1. The molecule has 134 valence electrons. The van der Waals surface area contributed by atoms with E-state index >= 15 is 0 Å². The van der Waals surface area contributed by atoms with Gasteiger partial charge < -0.3 is 16.8 Å². The van der Waals surface area contributed by atoms with E-state index in [0.29, 0.717) is 42.0 Å². The van der Waals surface area contributed by atoms with Gasteiger partial charge in [0.25, 0.3) is 0 Å². The molecule has 0 aliphatic carbocycles. The zero-order valence-electron chi connectivity index (χ0n) is 13.7. The van der Waals surface area contributed by atoms with Crippen molar-refractivity contribution in [2.75, 3.05) is 33.2 Å². The Kier molecular flexibility index (Phi) is 4.58. The Morgan fingerprint density at radius 2 is 1.96 bits per heavy atom. The lowest BCUT2D eigenvalue weighted by Gasteiger charge is -2.36. The smallest absolute Gasteiger partial charge is 0.327 e. The molecule has 1 fully saturated rings. The van der Waals surface area contributed by atoms with E-state index in [-0.39, 0.29) is 20.6 Å². The summed E-state index contributed by atoms with van der Waals surface area (Å²) in [5, 5.41) is 4.70. The molecule has 0 radical (unpaired) electrons. The molecule has 0 unspecified atom stereocenters. The molecule has 0 spiro atoms. The van der Waals surface area contributed by atoms with Crippen LogP contribution in [0, 0.1) is 0 Å². The summed E-state index contributed by atoms with van der Waals surface area (Å²) in [4.78, 5) is 8.28. The normalized spacial score (nSPS) is 17.4. The number of rotatable bonds is 3. The van der Waals surface area contributed by atoms with Crippen LogP contribution in [-0.2, 0) is 10.0 Å². The van der Waals surface area contributed by atoms with Gasteiger partial charge in [0.15, 0.2) is 11.8 Å². The van der Waals surface area contributed by atoms with Gasteiger partial charge in [-0.25, -0.2) is 8.87 Å². The van der Waals surface area contributed by atoms with Crippen molar-refractivity contribution in [3.63, 3.8) is 0 Å². The Hall–Kier alpha value is -1.94. The van der Waals surface area contributed by atoms with E-state index in [1.54, 1.807) is 19.2 Å². The first-order valence-corrected chi connectivity index (χ1v) is 9.55. The number of sulfonamides is 1. The maximum absolute atomic E-state index is 13.2. The third-order valence-electron chi connectivity index (χ3n) is 4.43. The van der Waals surface area contributed by atoms with Crippen LogP contribution in [0.15, 0.2) is 34.3 Å². The van der Waals surface area contributed by atoms with Crippen LogP contribution in [0.25, 0.3) is 10.8 Å². The second-order valence-corrected chi connectivity index (χ2v) is 8.85. The van der Waals surface area contributed by atoms with Crippen LogP contribution in [-0.4, -0.2) is 56.5 Å². The lowest BCUT2D eigenvalue weighted by molar-refractivity contribution is -0.787. The predicted octanol–water partition coefficient (Wildman–Crippen LogP) is 0.532. The largest absolute Gasteiger partial charge is 0.370 e. The molecule has 1 aliphatic rings. The minimum absolute atomic E-state index is 0.0584. The number of quaternary nitrogens is 1. The van der Waals surface area contributed by atoms with Gasteiger partial charge in [0, 0.05) is 30.1 Å². The first kappa shape index (κ1) is 17.9. The van der Waals surface area contributed by atoms with E-state index < -0.39 is 10.0 Å². The molecule has 0 amide bonds. The molecule has 3 rings (SSSR count). The fourth-order valence-corrected chi connectivity index (χ4v) is 4.80. The van der Waals surface area contributed by atoms with Crippen LogP contribution in [0.3, 0.4) is 0 Å². The van der Waals surface area contributed by atoms with Crippen LogP contribution in [0.4, 0.5) is 5.82 Å². The molecule has 0 atom stereocenters. The van der Waals surface area contributed by atoms with E-state index in [9.17, 15) is 8.42 Å². The van der Waals surface area contributed by atoms with Gasteiger partial charge in [0.2, 0.25) is 0 Å². The molecule has 1 aromatic carbocycles. The monoisotopic (exact) mass is 383 g/mol. The number of pyridine rings is 1. The zero-order valence-corrected chi connectivity index (χ0v) is 15.3. The van der Waals surface area contributed by atoms with Gasteiger partial charge >= 0.3 is 10.0 Å². The van der Waals surface area contributed by atoms with Crippen molar-refractivity contribution in [2.24, 2.45) is 16.5 Å². The Balaban J connectivity index is 2.19. The molecular formula is C15H20ClN6O2S+. The predicted molar refractivity (Wildman–Crippen MR) is 98.2 cm³/mol. The molecule has 0 saturated carbocycles. The molecule has 2 heterocycles. The second-order valence-electron chi connectivity index (χ2n) is 6.14. The molecule has 1 saturated heterocycles. The van der Waals surface area contributed by atoms with Crippen molar-refractivity contribution in [3.8, 4) is 0 Å². The molecule has 25 heavy (non-hydrogen) atoms. The molecule has 1 aromatic heterocycles. The molecular weight excluding hydrogens is 364 g/mol. The highest BCUT2D eigenvalue weighted by Crippen LogP contribution is 2.33. The Bertz CT molecular complexity index is 950. The molecule has 2 aromatic rings. The summed E-state index contributed by atoms with van der Waals surface area (Å²) in [5.74, 6) is 0.0740. The fourth-order valence-electron chi connectivity index (χ4n) is 2.91. The first-order valence-electron chi connectivity index (χ1n) is 7.73. The number of benzene rings is 1. The van der Waals surface area contributed by atoms with E-state index in [1.807, 2.05) is 0 Å². The average Bonchev–Trinajstić information content (AvgIpc) is 2.57. The molecule has 1 aliphatic heterocycles. The number of piperazine rings is 1. The minimum atomic E-state index is -3.60. The van der Waals surface area contributed by atoms with Crippen molar-refractivity contribution >= 4 is 44.2 Å². The summed E-state index contributed by atoms with van der Waals surface area (Å²) >= 11 is 6.17. The standard InChI is InChI=1S/C15H20ClN6O2S/c1-22(6-4-19-5-7-22)25(23,24)10-2-3-11-12(8-10)14(21-15(17)18)20-9-13(11)16/h2-3,8-9,19H,4-7H2,1H3,(H4,17,18,20,21)/q+1. The van der Waals surface area contributed by atoms with Crippen LogP contribution in [0.5, 0.6) is 0 Å². The van der Waals surface area contributed by atoms with Gasteiger partial charge in [-0.15, -0.1) is 0 Å². The van der Waals surface area contributed by atoms with Gasteiger partial charge in [-0.1, -0.05) is 17.7 Å². The van der Waals surface area contributed by atoms with E-state index in [4.69, 9.17) is 23.1 Å². The average molecular weight is 384 g/mol. The highest BCUT2D eigenvalue weighted by molar-refractivity contribution is 7.86. The number of halogens is 1. The van der Waals surface area contributed by atoms with Gasteiger partial charge in [-0.3, -0.25) is 0 Å². The number of nitrogens with two attached hydrogens (primary N) is 2. The number of aliphatic imine (C=N–C) groups is 1. The number of nitrogens with one attached hydrogen (secondary N) is 1. The lowest BCUT2D eigenvalue weighted by Crippen LogP contribution is -2.58. The number of aromatic nitrogens is 1. The number of hydrogen-bond acceptors (Lipinski definition) is 5. The second kappa shape index (κ2) is 6.41. The molecule has 5 N–H and O–H groups in total. The Labute approximate surface area is 151 Å². The summed E-state index contributed by atoms with van der Waals surface area (Å²) in [7, 11) is -1.87. The Morgan fingerprint density at radius 3 is 2.60 bits per heavy atom. The highest BCUT2D eigenvalue weighted by atomic mass is 35.5. The topological polar surface area (TPSA) is 123 Å². The molecule has 0 bridgehead atoms. The SMILES string of the molecule is C[N+]1(S(=O)(=O)c2ccc3c(Cl)cnc(N=C(N)N)c3c2)CCNCC1. The fraction of sp³-hybridized carbons (Fsp3) is 0.333. The van der Waals surface area contributed by atoms with Crippen LogP contribution in [0.2, 0.25) is 5.02 Å². The van der Waals surface area contributed by atoms with E-state index in [0.717, 1.165) is 0 Å². The van der Waals surface area contributed by atoms with Gasteiger partial charge in [-0.2, -0.15) is 13.4 Å². The van der Waals surface area contributed by atoms with Crippen LogP contribution < -0.4 is 16.8 Å². The quantitative estimate of drug-likeness (QED) is 0.403. The van der Waals surface area contributed by atoms with Gasteiger partial charge in [0.05, 0.1) is 12.1 Å². The summed E-state index contributed by atoms with van der Waals surface area (Å²) in [6, 6.07) is 4.76. The van der Waals surface area contributed by atoms with E-state index in [1.165, 1.54) is 12.3 Å². The van der Waals surface area contributed by atoms with Crippen molar-refractivity contribution in [1.82, 2.24) is 10.3 Å². The van der Waals surface area contributed by atoms with Crippen molar-refractivity contribution in [1.29, 1.82) is 0 Å². The third-order valence-corrected chi connectivity index (χ3v) is 7.10. The summed E-state index contributed by atoms with van der Waals surface area (Å²) < 4.78 is 26.3. The first-order chi connectivity index (χ1) is 11.7. The van der Waals surface area contributed by atoms with Crippen molar-refractivity contribution < 1.29 is 12.3 Å². The number of fused-ring (bicyclic) bond motifs is 1. The maximum Gasteiger partial charge on any atom is 0.327 e. The molecule has 10 heteroatoms. The summed E-state index contributed by atoms with van der Waals surface area (Å²) in [6.07, 6.45) is 1.43.